The van der Waals surface area contributed by atoms with Crippen LogP contribution in [0.1, 0.15) is 33.1 Å². The first kappa shape index (κ1) is 10.2. The summed E-state index contributed by atoms with van der Waals surface area (Å²) in [4.78, 5) is 10.4. The van der Waals surface area contributed by atoms with E-state index >= 15 is 0 Å². The summed E-state index contributed by atoms with van der Waals surface area (Å²) in [6.45, 7) is 3.68. The quantitative estimate of drug-likeness (QED) is 0.336. The third kappa shape index (κ3) is 9.15. The lowest BCUT2D eigenvalue weighted by molar-refractivity contribution is -0.112. The Hall–Kier alpha value is -0.850. The Balaban J connectivity index is 3.27. The molecule has 0 amide bonds. The highest BCUT2D eigenvalue weighted by atomic mass is 16.1. The maximum atomic E-state index is 10.4. The smallest absolute Gasteiger partial charge is 0.152 e. The number of hydrogen-bond donors (Lipinski definition) is 0. The Bertz CT molecular complexity index is 154. The molecule has 0 heterocycles. The van der Waals surface area contributed by atoms with Gasteiger partial charge in [0.2, 0.25) is 0 Å². The Morgan fingerprint density at radius 2 is 1.82 bits per heavy atom. The van der Waals surface area contributed by atoms with Gasteiger partial charge >= 0.3 is 0 Å². The molecule has 0 aliphatic heterocycles. The molecule has 0 atom stereocenters. The van der Waals surface area contributed by atoms with Crippen molar-refractivity contribution in [1.82, 2.24) is 0 Å². The van der Waals surface area contributed by atoms with Gasteiger partial charge in [0.25, 0.3) is 0 Å². The molecule has 0 radical (unpaired) electrons. The molecule has 0 aliphatic rings. The van der Waals surface area contributed by atoms with Gasteiger partial charge in [0, 0.05) is 0 Å². The lowest BCUT2D eigenvalue weighted by Gasteiger charge is -1.84. The molecule has 0 rings (SSSR count). The maximum absolute atomic E-state index is 10.4. The SMILES string of the molecule is CC/C=C\CC/C=C/C(C)=O. The topological polar surface area (TPSA) is 17.1 Å². The zero-order valence-corrected chi connectivity index (χ0v) is 7.34. The van der Waals surface area contributed by atoms with E-state index in [1.54, 1.807) is 13.0 Å². The number of ketones is 1. The van der Waals surface area contributed by atoms with Gasteiger partial charge in [-0.25, -0.2) is 0 Å². The van der Waals surface area contributed by atoms with Crippen molar-refractivity contribution in [3.63, 3.8) is 0 Å². The fourth-order valence-electron chi connectivity index (χ4n) is 0.726. The van der Waals surface area contributed by atoms with Crippen molar-refractivity contribution in [3.8, 4) is 0 Å². The fourth-order valence-corrected chi connectivity index (χ4v) is 0.726. The van der Waals surface area contributed by atoms with Crippen LogP contribution >= 0.6 is 0 Å². The van der Waals surface area contributed by atoms with Crippen molar-refractivity contribution < 1.29 is 4.79 Å². The van der Waals surface area contributed by atoms with Crippen molar-refractivity contribution in [1.29, 1.82) is 0 Å². The van der Waals surface area contributed by atoms with E-state index in [0.29, 0.717) is 0 Å². The van der Waals surface area contributed by atoms with Gasteiger partial charge in [-0.05, 0) is 32.3 Å². The van der Waals surface area contributed by atoms with Gasteiger partial charge in [0.15, 0.2) is 5.78 Å². The van der Waals surface area contributed by atoms with Crippen molar-refractivity contribution in [2.75, 3.05) is 0 Å². The van der Waals surface area contributed by atoms with Gasteiger partial charge < -0.3 is 0 Å². The number of carbonyl (C=O) groups is 1. The molecular weight excluding hydrogens is 136 g/mol. The van der Waals surface area contributed by atoms with E-state index in [1.807, 2.05) is 6.08 Å². The van der Waals surface area contributed by atoms with Crippen LogP contribution in [0.4, 0.5) is 0 Å². The molecule has 0 aromatic carbocycles. The van der Waals surface area contributed by atoms with Crippen LogP contribution in [-0.4, -0.2) is 5.78 Å². The Kier molecular flexibility index (Phi) is 6.70. The standard InChI is InChI=1S/C10H16O/c1-3-4-5-6-7-8-9-10(2)11/h4-5,8-9H,3,6-7H2,1-2H3/b5-4-,9-8+. The molecule has 11 heavy (non-hydrogen) atoms. The Labute approximate surface area is 68.8 Å². The minimum Gasteiger partial charge on any atom is -0.295 e. The second-order valence-electron chi connectivity index (χ2n) is 2.47. The highest BCUT2D eigenvalue weighted by molar-refractivity contribution is 5.87. The van der Waals surface area contributed by atoms with Gasteiger partial charge in [-0.3, -0.25) is 4.79 Å². The van der Waals surface area contributed by atoms with Crippen molar-refractivity contribution in [3.05, 3.63) is 24.3 Å². The highest BCUT2D eigenvalue weighted by Crippen LogP contribution is 1.93. The van der Waals surface area contributed by atoms with Gasteiger partial charge in [0.1, 0.15) is 0 Å². The van der Waals surface area contributed by atoms with E-state index in [0.717, 1.165) is 19.3 Å². The van der Waals surface area contributed by atoms with Crippen molar-refractivity contribution in [2.45, 2.75) is 33.1 Å². The minimum absolute atomic E-state index is 0.129. The van der Waals surface area contributed by atoms with Crippen LogP contribution in [-0.2, 0) is 4.79 Å². The van der Waals surface area contributed by atoms with E-state index in [-0.39, 0.29) is 5.78 Å². The van der Waals surface area contributed by atoms with E-state index in [2.05, 4.69) is 19.1 Å². The van der Waals surface area contributed by atoms with Crippen LogP contribution in [0.15, 0.2) is 24.3 Å². The molecule has 0 N–H and O–H groups in total. The van der Waals surface area contributed by atoms with Crippen LogP contribution in [0.5, 0.6) is 0 Å². The van der Waals surface area contributed by atoms with Crippen LogP contribution in [0.2, 0.25) is 0 Å². The minimum atomic E-state index is 0.129. The van der Waals surface area contributed by atoms with Gasteiger partial charge in [-0.2, -0.15) is 0 Å². The van der Waals surface area contributed by atoms with Gasteiger partial charge in [0.05, 0.1) is 0 Å². The fraction of sp³-hybridized carbons (Fsp3) is 0.500. The monoisotopic (exact) mass is 152 g/mol. The Morgan fingerprint density at radius 3 is 2.36 bits per heavy atom. The second kappa shape index (κ2) is 7.26. The third-order valence-corrected chi connectivity index (χ3v) is 1.25. The summed E-state index contributed by atoms with van der Waals surface area (Å²) in [5, 5.41) is 0. The lowest BCUT2D eigenvalue weighted by Crippen LogP contribution is -1.78. The summed E-state index contributed by atoms with van der Waals surface area (Å²) in [5.41, 5.74) is 0. The Morgan fingerprint density at radius 1 is 1.18 bits per heavy atom. The summed E-state index contributed by atoms with van der Waals surface area (Å²) >= 11 is 0. The predicted molar refractivity (Wildman–Crippen MR) is 48.5 cm³/mol. The maximum Gasteiger partial charge on any atom is 0.152 e. The molecule has 0 aliphatic carbocycles. The number of rotatable bonds is 5. The molecule has 0 saturated heterocycles. The molecule has 1 nitrogen and oxygen atoms in total. The molecule has 0 aromatic heterocycles. The molecule has 0 aromatic rings. The average Bonchev–Trinajstić information content (AvgIpc) is 1.96. The largest absolute Gasteiger partial charge is 0.295 e. The number of allylic oxidation sites excluding steroid dienone is 4. The highest BCUT2D eigenvalue weighted by Gasteiger charge is 1.80. The van der Waals surface area contributed by atoms with Crippen LogP contribution in [0, 0.1) is 0 Å². The molecule has 0 unspecified atom stereocenters. The van der Waals surface area contributed by atoms with Gasteiger partial charge in [-0.15, -0.1) is 0 Å². The van der Waals surface area contributed by atoms with E-state index < -0.39 is 0 Å². The second-order valence-corrected chi connectivity index (χ2v) is 2.47. The van der Waals surface area contributed by atoms with Gasteiger partial charge in [-0.1, -0.05) is 25.2 Å². The molecular formula is C10H16O. The first-order chi connectivity index (χ1) is 5.27. The molecule has 62 valence electrons. The van der Waals surface area contributed by atoms with Crippen LogP contribution in [0.3, 0.4) is 0 Å². The van der Waals surface area contributed by atoms with E-state index in [1.165, 1.54) is 0 Å². The summed E-state index contributed by atoms with van der Waals surface area (Å²) in [7, 11) is 0. The number of carbonyl (C=O) groups excluding carboxylic acids is 1. The molecule has 0 fully saturated rings. The summed E-state index contributed by atoms with van der Waals surface area (Å²) in [5.74, 6) is 0.129. The van der Waals surface area contributed by atoms with E-state index in [9.17, 15) is 4.79 Å². The molecule has 0 bridgehead atoms. The molecule has 0 spiro atoms. The normalized spacial score (nSPS) is 11.5. The first-order valence-electron chi connectivity index (χ1n) is 4.09. The zero-order valence-electron chi connectivity index (χ0n) is 7.34. The third-order valence-electron chi connectivity index (χ3n) is 1.25. The number of hydrogen-bond acceptors (Lipinski definition) is 1. The lowest BCUT2D eigenvalue weighted by atomic mass is 10.2. The summed E-state index contributed by atoms with van der Waals surface area (Å²) in [6, 6.07) is 0. The van der Waals surface area contributed by atoms with Crippen LogP contribution < -0.4 is 0 Å². The summed E-state index contributed by atoms with van der Waals surface area (Å²) in [6.07, 6.45) is 10.9. The van der Waals surface area contributed by atoms with Crippen LogP contribution in [0.25, 0.3) is 0 Å². The number of unbranched alkanes of at least 4 members (excludes halogenated alkanes) is 1. The average molecular weight is 152 g/mol. The molecule has 1 heteroatoms. The van der Waals surface area contributed by atoms with Crippen molar-refractivity contribution >= 4 is 5.78 Å². The first-order valence-corrected chi connectivity index (χ1v) is 4.09. The van der Waals surface area contributed by atoms with Crippen molar-refractivity contribution in [2.24, 2.45) is 0 Å². The zero-order chi connectivity index (χ0) is 8.53. The molecule has 0 saturated carbocycles. The summed E-state index contributed by atoms with van der Waals surface area (Å²) < 4.78 is 0. The predicted octanol–water partition coefficient (Wildman–Crippen LogP) is 2.88. The van der Waals surface area contributed by atoms with E-state index in [4.69, 9.17) is 0 Å².